The van der Waals surface area contributed by atoms with Crippen molar-refractivity contribution in [3.8, 4) is 0 Å². The van der Waals surface area contributed by atoms with Gasteiger partial charge in [-0.3, -0.25) is 5.32 Å². The predicted molar refractivity (Wildman–Crippen MR) is 110 cm³/mol. The van der Waals surface area contributed by atoms with E-state index in [0.29, 0.717) is 17.3 Å². The largest absolute Gasteiger partial charge is 0.338 e. The van der Waals surface area contributed by atoms with E-state index in [1.165, 1.54) is 5.56 Å². The molecular formula is C21H23N5O. The summed E-state index contributed by atoms with van der Waals surface area (Å²) < 4.78 is 0. The Balaban J connectivity index is 1.65. The Morgan fingerprint density at radius 2 is 1.41 bits per heavy atom. The molecule has 0 unspecified atom stereocenters. The number of aromatic nitrogens is 2. The molecule has 27 heavy (non-hydrogen) atoms. The highest BCUT2D eigenvalue weighted by atomic mass is 16.2. The molecule has 0 saturated heterocycles. The van der Waals surface area contributed by atoms with Crippen molar-refractivity contribution in [3.63, 3.8) is 0 Å². The third-order valence-corrected chi connectivity index (χ3v) is 3.94. The molecule has 0 fully saturated rings. The highest BCUT2D eigenvalue weighted by Crippen LogP contribution is 2.30. The van der Waals surface area contributed by atoms with Crippen LogP contribution in [0, 0.1) is 0 Å². The Morgan fingerprint density at radius 3 is 2.07 bits per heavy atom. The predicted octanol–water partition coefficient (Wildman–Crippen LogP) is 5.16. The molecule has 0 bridgehead atoms. The first-order valence-electron chi connectivity index (χ1n) is 8.75. The number of carbonyl (C=O) groups is 1. The van der Waals surface area contributed by atoms with Crippen LogP contribution in [0.2, 0.25) is 0 Å². The first kappa shape index (κ1) is 18.4. The van der Waals surface area contributed by atoms with Gasteiger partial charge in [0.15, 0.2) is 11.6 Å². The minimum Gasteiger partial charge on any atom is -0.338 e. The molecule has 2 amide bonds. The van der Waals surface area contributed by atoms with E-state index >= 15 is 0 Å². The van der Waals surface area contributed by atoms with Crippen molar-refractivity contribution in [2.45, 2.75) is 26.2 Å². The molecule has 1 heterocycles. The molecule has 2 aromatic carbocycles. The Hall–Kier alpha value is -3.41. The highest BCUT2D eigenvalue weighted by Gasteiger charge is 2.17. The summed E-state index contributed by atoms with van der Waals surface area (Å²) in [6, 6.07) is 20.5. The number of para-hydroxylation sites is 2. The zero-order valence-corrected chi connectivity index (χ0v) is 15.7. The monoisotopic (exact) mass is 361 g/mol. The summed E-state index contributed by atoms with van der Waals surface area (Å²) in [6.45, 7) is 6.49. The molecule has 6 heteroatoms. The molecule has 0 atom stereocenters. The van der Waals surface area contributed by atoms with Crippen molar-refractivity contribution in [1.29, 1.82) is 0 Å². The minimum absolute atomic E-state index is 0.00798. The number of nitrogens with zero attached hydrogens (tertiary/aromatic N) is 2. The average Bonchev–Trinajstić information content (AvgIpc) is 2.64. The number of amides is 2. The fraction of sp³-hybridized carbons (Fsp3) is 0.190. The van der Waals surface area contributed by atoms with Crippen molar-refractivity contribution in [2.24, 2.45) is 0 Å². The lowest BCUT2D eigenvalue weighted by molar-refractivity contribution is 0.262. The van der Waals surface area contributed by atoms with Crippen molar-refractivity contribution in [2.75, 3.05) is 16.0 Å². The lowest BCUT2D eigenvalue weighted by Crippen LogP contribution is -2.20. The van der Waals surface area contributed by atoms with E-state index in [1.807, 2.05) is 48.5 Å². The second-order valence-corrected chi connectivity index (χ2v) is 7.17. The summed E-state index contributed by atoms with van der Waals surface area (Å²) >= 11 is 0. The van der Waals surface area contributed by atoms with E-state index in [9.17, 15) is 4.79 Å². The van der Waals surface area contributed by atoms with Crippen LogP contribution in [0.4, 0.5) is 27.8 Å². The Bertz CT molecular complexity index is 902. The van der Waals surface area contributed by atoms with Gasteiger partial charge >= 0.3 is 6.03 Å². The van der Waals surface area contributed by atoms with Crippen molar-refractivity contribution in [3.05, 3.63) is 72.3 Å². The fourth-order valence-electron chi connectivity index (χ4n) is 2.65. The zero-order chi connectivity index (χ0) is 19.3. The molecule has 6 nitrogen and oxygen atoms in total. The van der Waals surface area contributed by atoms with Gasteiger partial charge in [0, 0.05) is 11.4 Å². The van der Waals surface area contributed by atoms with Crippen LogP contribution in [-0.4, -0.2) is 16.2 Å². The first-order valence-corrected chi connectivity index (χ1v) is 8.75. The van der Waals surface area contributed by atoms with Gasteiger partial charge in [0.2, 0.25) is 0 Å². The zero-order valence-electron chi connectivity index (χ0n) is 15.7. The number of urea groups is 1. The maximum Gasteiger partial charge on any atom is 0.324 e. The summed E-state index contributed by atoms with van der Waals surface area (Å²) in [5, 5.41) is 16.9. The second-order valence-electron chi connectivity index (χ2n) is 7.17. The number of hydrogen-bond donors (Lipinski definition) is 3. The van der Waals surface area contributed by atoms with Gasteiger partial charge in [-0.2, -0.15) is 0 Å². The number of anilines is 4. The average molecular weight is 361 g/mol. The topological polar surface area (TPSA) is 78.9 Å². The molecule has 0 radical (unpaired) electrons. The maximum atomic E-state index is 12.0. The van der Waals surface area contributed by atoms with E-state index in [-0.39, 0.29) is 11.4 Å². The molecule has 3 rings (SSSR count). The van der Waals surface area contributed by atoms with Crippen LogP contribution in [0.5, 0.6) is 0 Å². The van der Waals surface area contributed by atoms with Crippen LogP contribution in [0.15, 0.2) is 66.7 Å². The number of nitrogens with one attached hydrogen (secondary N) is 3. The fourth-order valence-corrected chi connectivity index (χ4v) is 2.65. The standard InChI is InChI=1S/C21H23N5O/c1-21(2,3)16-11-7-8-12-17(16)23-18-13-14-19(26-25-18)24-20(27)22-15-9-5-4-6-10-15/h4-14H,1-3H3,(H,23,25)(H2,22,24,26,27). The van der Waals surface area contributed by atoms with E-state index in [0.717, 1.165) is 5.69 Å². The van der Waals surface area contributed by atoms with Crippen molar-refractivity contribution in [1.82, 2.24) is 10.2 Å². The lowest BCUT2D eigenvalue weighted by Gasteiger charge is -2.23. The summed E-state index contributed by atoms with van der Waals surface area (Å²) in [5.41, 5.74) is 2.90. The number of rotatable bonds is 4. The van der Waals surface area contributed by atoms with E-state index in [4.69, 9.17) is 0 Å². The van der Waals surface area contributed by atoms with Gasteiger partial charge in [-0.25, -0.2) is 4.79 Å². The molecule has 0 aliphatic heterocycles. The summed E-state index contributed by atoms with van der Waals surface area (Å²) in [4.78, 5) is 12.0. The maximum absolute atomic E-state index is 12.0. The van der Waals surface area contributed by atoms with Gasteiger partial charge < -0.3 is 10.6 Å². The number of hydrogen-bond acceptors (Lipinski definition) is 4. The van der Waals surface area contributed by atoms with Crippen LogP contribution in [0.25, 0.3) is 0 Å². The molecule has 0 saturated carbocycles. The molecule has 138 valence electrons. The smallest absolute Gasteiger partial charge is 0.324 e. The third-order valence-electron chi connectivity index (χ3n) is 3.94. The highest BCUT2D eigenvalue weighted by molar-refractivity contribution is 5.99. The van der Waals surface area contributed by atoms with Crippen LogP contribution in [0.1, 0.15) is 26.3 Å². The van der Waals surface area contributed by atoms with Gasteiger partial charge in [0.1, 0.15) is 0 Å². The van der Waals surface area contributed by atoms with Crippen LogP contribution < -0.4 is 16.0 Å². The quantitative estimate of drug-likeness (QED) is 0.599. The summed E-state index contributed by atoms with van der Waals surface area (Å²) in [6.07, 6.45) is 0. The van der Waals surface area contributed by atoms with Gasteiger partial charge in [0.05, 0.1) is 0 Å². The van der Waals surface area contributed by atoms with E-state index in [2.05, 4.69) is 53.0 Å². The second kappa shape index (κ2) is 7.86. The molecule has 0 spiro atoms. The van der Waals surface area contributed by atoms with E-state index < -0.39 is 0 Å². The number of benzene rings is 2. The van der Waals surface area contributed by atoms with Crippen LogP contribution in [0.3, 0.4) is 0 Å². The molecule has 0 aliphatic carbocycles. The SMILES string of the molecule is CC(C)(C)c1ccccc1Nc1ccc(NC(=O)Nc2ccccc2)nn1. The van der Waals surface area contributed by atoms with Gasteiger partial charge in [0.25, 0.3) is 0 Å². The molecular weight excluding hydrogens is 338 g/mol. The lowest BCUT2D eigenvalue weighted by atomic mass is 9.86. The molecule has 3 aromatic rings. The van der Waals surface area contributed by atoms with Gasteiger partial charge in [-0.15, -0.1) is 10.2 Å². The third kappa shape index (κ3) is 5.04. The summed E-state index contributed by atoms with van der Waals surface area (Å²) in [7, 11) is 0. The summed E-state index contributed by atoms with van der Waals surface area (Å²) in [5.74, 6) is 0.985. The normalized spacial score (nSPS) is 10.9. The van der Waals surface area contributed by atoms with Crippen molar-refractivity contribution < 1.29 is 4.79 Å². The van der Waals surface area contributed by atoms with Gasteiger partial charge in [-0.05, 0) is 41.3 Å². The Morgan fingerprint density at radius 1 is 0.778 bits per heavy atom. The number of carbonyl (C=O) groups excluding carboxylic acids is 1. The van der Waals surface area contributed by atoms with Crippen LogP contribution >= 0.6 is 0 Å². The first-order chi connectivity index (χ1) is 12.9. The van der Waals surface area contributed by atoms with Gasteiger partial charge in [-0.1, -0.05) is 57.2 Å². The van der Waals surface area contributed by atoms with E-state index in [1.54, 1.807) is 12.1 Å². The molecule has 1 aromatic heterocycles. The Kier molecular flexibility index (Phi) is 5.35. The molecule has 0 aliphatic rings. The van der Waals surface area contributed by atoms with Crippen LogP contribution in [-0.2, 0) is 5.41 Å². The molecule has 3 N–H and O–H groups in total. The minimum atomic E-state index is -0.366. The van der Waals surface area contributed by atoms with Crippen molar-refractivity contribution >= 4 is 29.0 Å². The Labute approximate surface area is 159 Å².